The van der Waals surface area contributed by atoms with E-state index in [9.17, 15) is 8.42 Å². The fourth-order valence-electron chi connectivity index (χ4n) is 1.61. The van der Waals surface area contributed by atoms with E-state index in [1.54, 1.807) is 24.6 Å². The van der Waals surface area contributed by atoms with Crippen LogP contribution in [0.25, 0.3) is 0 Å². The number of aryl methyl sites for hydroxylation is 2. The van der Waals surface area contributed by atoms with Crippen LogP contribution in [-0.4, -0.2) is 23.0 Å². The number of imidazole rings is 1. The lowest BCUT2D eigenvalue weighted by atomic mass is 10.2. The fourth-order valence-corrected chi connectivity index (χ4v) is 3.07. The van der Waals surface area contributed by atoms with E-state index >= 15 is 0 Å². The molecule has 0 fully saturated rings. The summed E-state index contributed by atoms with van der Waals surface area (Å²) in [6, 6.07) is 4.63. The van der Waals surface area contributed by atoms with Crippen LogP contribution in [0.4, 0.5) is 5.69 Å². The number of aromatic nitrogens is 2. The molecule has 1 aromatic carbocycles. The second-order valence-electron chi connectivity index (χ2n) is 4.40. The number of nitrogens with one attached hydrogen (secondary N) is 1. The average molecular weight is 345 g/mol. The Labute approximate surface area is 133 Å². The van der Waals surface area contributed by atoms with Gasteiger partial charge in [-0.05, 0) is 19.1 Å². The molecule has 112 valence electrons. The van der Waals surface area contributed by atoms with Crippen molar-refractivity contribution in [2.24, 2.45) is 12.8 Å². The van der Waals surface area contributed by atoms with E-state index < -0.39 is 10.0 Å². The van der Waals surface area contributed by atoms with Crippen LogP contribution >= 0.6 is 23.8 Å². The van der Waals surface area contributed by atoms with Crippen molar-refractivity contribution in [3.63, 3.8) is 0 Å². The molecule has 0 radical (unpaired) electrons. The molecule has 1 aromatic heterocycles. The highest BCUT2D eigenvalue weighted by Crippen LogP contribution is 2.25. The summed E-state index contributed by atoms with van der Waals surface area (Å²) in [6.07, 6.45) is 1.42. The first-order chi connectivity index (χ1) is 9.70. The zero-order chi connectivity index (χ0) is 15.8. The molecule has 9 heteroatoms. The van der Waals surface area contributed by atoms with Crippen LogP contribution in [0.3, 0.4) is 0 Å². The molecule has 0 spiro atoms. The van der Waals surface area contributed by atoms with E-state index in [4.69, 9.17) is 29.6 Å². The van der Waals surface area contributed by atoms with Gasteiger partial charge in [0.2, 0.25) is 0 Å². The van der Waals surface area contributed by atoms with Gasteiger partial charge < -0.3 is 10.3 Å². The zero-order valence-electron chi connectivity index (χ0n) is 11.3. The number of benzene rings is 1. The maximum atomic E-state index is 12.3. The van der Waals surface area contributed by atoms with Gasteiger partial charge in [0.15, 0.2) is 5.03 Å². The number of thiocarbonyl (C=S) groups is 1. The predicted molar refractivity (Wildman–Crippen MR) is 86.1 cm³/mol. The molecule has 0 saturated heterocycles. The third-order valence-corrected chi connectivity index (χ3v) is 4.66. The molecule has 0 unspecified atom stereocenters. The monoisotopic (exact) mass is 344 g/mol. The Kier molecular flexibility index (Phi) is 4.22. The van der Waals surface area contributed by atoms with E-state index in [1.165, 1.54) is 18.3 Å². The van der Waals surface area contributed by atoms with Crippen molar-refractivity contribution in [1.29, 1.82) is 0 Å². The lowest BCUT2D eigenvalue weighted by molar-refractivity contribution is 0.598. The molecular formula is C12H13ClN4O2S2. The van der Waals surface area contributed by atoms with Gasteiger partial charge in [-0.2, -0.15) is 8.42 Å². The second-order valence-corrected chi connectivity index (χ2v) is 6.88. The normalized spacial score (nSPS) is 11.4. The fraction of sp³-hybridized carbons (Fsp3) is 0.167. The molecule has 0 aliphatic heterocycles. The molecule has 3 N–H and O–H groups in total. The Hall–Kier alpha value is -1.64. The molecule has 0 aliphatic rings. The van der Waals surface area contributed by atoms with Crippen LogP contribution in [0.5, 0.6) is 0 Å². The number of rotatable bonds is 4. The maximum Gasteiger partial charge on any atom is 0.281 e. The van der Waals surface area contributed by atoms with Crippen LogP contribution in [0.15, 0.2) is 29.4 Å². The van der Waals surface area contributed by atoms with Crippen molar-refractivity contribution in [2.45, 2.75) is 11.9 Å². The number of nitrogens with two attached hydrogens (primary N) is 1. The maximum absolute atomic E-state index is 12.3. The van der Waals surface area contributed by atoms with Crippen molar-refractivity contribution in [2.75, 3.05) is 4.72 Å². The molecule has 0 amide bonds. The van der Waals surface area contributed by atoms with Gasteiger partial charge in [0, 0.05) is 18.8 Å². The van der Waals surface area contributed by atoms with Crippen molar-refractivity contribution in [3.8, 4) is 0 Å². The van der Waals surface area contributed by atoms with Gasteiger partial charge in [0.25, 0.3) is 10.0 Å². The van der Waals surface area contributed by atoms with E-state index in [-0.39, 0.29) is 20.7 Å². The second kappa shape index (κ2) is 5.63. The Morgan fingerprint density at radius 3 is 2.67 bits per heavy atom. The summed E-state index contributed by atoms with van der Waals surface area (Å²) in [5.41, 5.74) is 6.24. The van der Waals surface area contributed by atoms with Gasteiger partial charge in [-0.15, -0.1) is 0 Å². The summed E-state index contributed by atoms with van der Waals surface area (Å²) < 4.78 is 28.6. The first kappa shape index (κ1) is 15.7. The highest BCUT2D eigenvalue weighted by molar-refractivity contribution is 7.92. The van der Waals surface area contributed by atoms with Crippen LogP contribution in [-0.2, 0) is 17.1 Å². The smallest absolute Gasteiger partial charge is 0.281 e. The van der Waals surface area contributed by atoms with Gasteiger partial charge in [0.05, 0.1) is 10.7 Å². The average Bonchev–Trinajstić information content (AvgIpc) is 2.73. The van der Waals surface area contributed by atoms with Gasteiger partial charge in [-0.25, -0.2) is 4.98 Å². The summed E-state index contributed by atoms with van der Waals surface area (Å²) >= 11 is 10.9. The Bertz CT molecular complexity index is 795. The molecule has 21 heavy (non-hydrogen) atoms. The van der Waals surface area contributed by atoms with Crippen LogP contribution in [0.2, 0.25) is 5.02 Å². The van der Waals surface area contributed by atoms with Crippen molar-refractivity contribution < 1.29 is 8.42 Å². The molecule has 2 aromatic rings. The number of hydrogen-bond donors (Lipinski definition) is 2. The van der Waals surface area contributed by atoms with Crippen molar-refractivity contribution >= 4 is 44.5 Å². The molecule has 0 saturated carbocycles. The Balaban J connectivity index is 2.41. The van der Waals surface area contributed by atoms with E-state index in [2.05, 4.69) is 9.71 Å². The molecule has 0 atom stereocenters. The summed E-state index contributed by atoms with van der Waals surface area (Å²) in [7, 11) is -2.12. The first-order valence-electron chi connectivity index (χ1n) is 5.83. The topological polar surface area (TPSA) is 90.0 Å². The minimum absolute atomic E-state index is 0.0840. The quantitative estimate of drug-likeness (QED) is 0.826. The zero-order valence-corrected chi connectivity index (χ0v) is 13.7. The first-order valence-corrected chi connectivity index (χ1v) is 8.10. The van der Waals surface area contributed by atoms with E-state index in [0.29, 0.717) is 11.4 Å². The molecular weight excluding hydrogens is 332 g/mol. The van der Waals surface area contributed by atoms with Gasteiger partial charge in [-0.3, -0.25) is 4.72 Å². The molecule has 6 nitrogen and oxygen atoms in total. The minimum atomic E-state index is -3.83. The lowest BCUT2D eigenvalue weighted by Gasteiger charge is -2.09. The third kappa shape index (κ3) is 3.34. The van der Waals surface area contributed by atoms with Crippen LogP contribution in [0.1, 0.15) is 11.4 Å². The summed E-state index contributed by atoms with van der Waals surface area (Å²) in [4.78, 5) is 4.14. The number of halogens is 1. The van der Waals surface area contributed by atoms with Crippen molar-refractivity contribution in [1.82, 2.24) is 9.55 Å². The van der Waals surface area contributed by atoms with Gasteiger partial charge in [-0.1, -0.05) is 29.9 Å². The number of sulfonamides is 1. The number of nitrogens with zero attached hydrogens (tertiary/aromatic N) is 2. The van der Waals surface area contributed by atoms with E-state index in [1.807, 2.05) is 0 Å². The number of hydrogen-bond acceptors (Lipinski definition) is 4. The van der Waals surface area contributed by atoms with Gasteiger partial charge in [0.1, 0.15) is 10.8 Å². The van der Waals surface area contributed by atoms with E-state index in [0.717, 1.165) is 0 Å². The standard InChI is InChI=1S/C12H13ClN4O2S2/c1-7-15-11(6-17(7)2)21(18,19)16-10-5-8(12(14)20)3-4-9(10)13/h3-6,16H,1-2H3,(H2,14,20). The highest BCUT2D eigenvalue weighted by Gasteiger charge is 2.20. The largest absolute Gasteiger partial charge is 0.389 e. The molecule has 0 aliphatic carbocycles. The molecule has 2 rings (SSSR count). The Morgan fingerprint density at radius 1 is 1.48 bits per heavy atom. The van der Waals surface area contributed by atoms with Crippen LogP contribution in [0, 0.1) is 6.92 Å². The third-order valence-electron chi connectivity index (χ3n) is 2.86. The predicted octanol–water partition coefficient (Wildman–Crippen LogP) is 1.82. The van der Waals surface area contributed by atoms with Crippen molar-refractivity contribution in [3.05, 3.63) is 40.8 Å². The molecule has 0 bridgehead atoms. The Morgan fingerprint density at radius 2 is 2.14 bits per heavy atom. The van der Waals surface area contributed by atoms with Crippen LogP contribution < -0.4 is 10.5 Å². The highest BCUT2D eigenvalue weighted by atomic mass is 35.5. The SMILES string of the molecule is Cc1nc(S(=O)(=O)Nc2cc(C(N)=S)ccc2Cl)cn1C. The summed E-state index contributed by atoms with van der Waals surface area (Å²) in [5.74, 6) is 0.582. The molecule has 1 heterocycles. The summed E-state index contributed by atoms with van der Waals surface area (Å²) in [6.45, 7) is 1.71. The number of anilines is 1. The lowest BCUT2D eigenvalue weighted by Crippen LogP contribution is -2.15. The van der Waals surface area contributed by atoms with Gasteiger partial charge >= 0.3 is 0 Å². The summed E-state index contributed by atoms with van der Waals surface area (Å²) in [5, 5.41) is 0.158. The minimum Gasteiger partial charge on any atom is -0.389 e.